The predicted octanol–water partition coefficient (Wildman–Crippen LogP) is 6.46. The molecule has 2 aliphatic rings. The number of nitrogens with zero attached hydrogens (tertiary/aromatic N) is 3. The van der Waals surface area contributed by atoms with Gasteiger partial charge in [0.2, 0.25) is 0 Å². The molecule has 1 aromatic heterocycles. The molecule has 1 saturated carbocycles. The van der Waals surface area contributed by atoms with Gasteiger partial charge < -0.3 is 5.11 Å². The Kier molecular flexibility index (Phi) is 7.00. The minimum absolute atomic E-state index is 0.0957. The fraction of sp³-hybridized carbons (Fsp3) is 0.346. The first kappa shape index (κ1) is 27.3. The van der Waals surface area contributed by atoms with Gasteiger partial charge in [-0.15, -0.1) is 0 Å². The van der Waals surface area contributed by atoms with Crippen molar-refractivity contribution in [1.29, 1.82) is 0 Å². The second-order valence-electron chi connectivity index (χ2n) is 9.46. The highest BCUT2D eigenvalue weighted by Crippen LogP contribution is 2.39. The maximum Gasteiger partial charge on any atom is 0.416 e. The van der Waals surface area contributed by atoms with Crippen LogP contribution in [0.1, 0.15) is 47.9 Å². The Hall–Kier alpha value is -3.32. The highest BCUT2D eigenvalue weighted by atomic mass is 32.2. The van der Waals surface area contributed by atoms with Gasteiger partial charge in [-0.2, -0.15) is 31.4 Å². The van der Waals surface area contributed by atoms with Crippen LogP contribution in [-0.4, -0.2) is 43.1 Å². The summed E-state index contributed by atoms with van der Waals surface area (Å²) < 4.78 is 80.9. The third-order valence-corrected chi connectivity index (χ3v) is 7.76. The van der Waals surface area contributed by atoms with Crippen molar-refractivity contribution in [2.75, 3.05) is 0 Å². The van der Waals surface area contributed by atoms with Crippen LogP contribution < -0.4 is 0 Å². The quantitative estimate of drug-likeness (QED) is 0.288. The van der Waals surface area contributed by atoms with Crippen LogP contribution in [0, 0.1) is 0 Å². The molecule has 2 fully saturated rings. The molecule has 2 atom stereocenters. The molecule has 1 unspecified atom stereocenters. The monoisotopic (exact) mass is 569 g/mol. The van der Waals surface area contributed by atoms with E-state index in [0.717, 1.165) is 35.6 Å². The second-order valence-corrected chi connectivity index (χ2v) is 10.5. The molecule has 2 aromatic carbocycles. The van der Waals surface area contributed by atoms with E-state index >= 15 is 0 Å². The lowest BCUT2D eigenvalue weighted by molar-refractivity contribution is -0.143. The van der Waals surface area contributed by atoms with Gasteiger partial charge in [0.15, 0.2) is 0 Å². The molecule has 206 valence electrons. The van der Waals surface area contributed by atoms with Crippen molar-refractivity contribution in [2.45, 2.75) is 56.7 Å². The van der Waals surface area contributed by atoms with Crippen molar-refractivity contribution in [3.8, 4) is 0 Å². The summed E-state index contributed by atoms with van der Waals surface area (Å²) in [7, 11) is 0. The van der Waals surface area contributed by atoms with Gasteiger partial charge >= 0.3 is 12.4 Å². The molecule has 2 amide bonds. The van der Waals surface area contributed by atoms with Crippen LogP contribution >= 0.6 is 11.8 Å². The molecule has 2 heterocycles. The topological polar surface area (TPSA) is 75.4 Å². The maximum absolute atomic E-state index is 13.6. The summed E-state index contributed by atoms with van der Waals surface area (Å²) in [5.41, 5.74) is -2.18. The van der Waals surface area contributed by atoms with Crippen molar-refractivity contribution in [3.63, 3.8) is 0 Å². The first-order valence-corrected chi connectivity index (χ1v) is 12.8. The number of alkyl halides is 6. The number of thioether (sulfide) groups is 1. The van der Waals surface area contributed by atoms with Crippen LogP contribution in [0.2, 0.25) is 0 Å². The van der Waals surface area contributed by atoms with Gasteiger partial charge in [-0.05, 0) is 66.1 Å². The highest BCUT2D eigenvalue weighted by molar-refractivity contribution is 8.18. The van der Waals surface area contributed by atoms with Gasteiger partial charge in [-0.25, -0.2) is 0 Å². The van der Waals surface area contributed by atoms with Crippen LogP contribution in [0.5, 0.6) is 0 Å². The Labute approximate surface area is 222 Å². The largest absolute Gasteiger partial charge is 0.416 e. The number of hydrogen-bond acceptors (Lipinski definition) is 5. The van der Waals surface area contributed by atoms with Crippen LogP contribution in [-0.2, 0) is 23.7 Å². The van der Waals surface area contributed by atoms with E-state index in [1.165, 1.54) is 17.0 Å². The number of aliphatic hydroxyl groups is 1. The van der Waals surface area contributed by atoms with E-state index in [2.05, 4.69) is 5.10 Å². The van der Waals surface area contributed by atoms with E-state index in [1.54, 1.807) is 18.2 Å². The molecule has 39 heavy (non-hydrogen) atoms. The van der Waals surface area contributed by atoms with E-state index in [0.29, 0.717) is 35.4 Å². The van der Waals surface area contributed by atoms with E-state index in [4.69, 9.17) is 0 Å². The molecule has 1 N–H and O–H groups in total. The molecular weight excluding hydrogens is 548 g/mol. The number of imide groups is 1. The summed E-state index contributed by atoms with van der Waals surface area (Å²) in [6, 6.07) is 5.74. The number of benzene rings is 2. The summed E-state index contributed by atoms with van der Waals surface area (Å²) in [4.78, 5) is 26.8. The average molecular weight is 570 g/mol. The highest BCUT2D eigenvalue weighted by Gasteiger charge is 2.43. The van der Waals surface area contributed by atoms with Crippen molar-refractivity contribution in [1.82, 2.24) is 14.7 Å². The lowest BCUT2D eigenvalue weighted by atomic mass is 9.91. The first-order chi connectivity index (χ1) is 18.3. The van der Waals surface area contributed by atoms with Gasteiger partial charge in [-0.1, -0.05) is 25.0 Å². The Morgan fingerprint density at radius 3 is 2.44 bits per heavy atom. The standard InChI is InChI=1S/C26H21F6N3O3S/c27-25(28,29)17-7-6-15(18(11-17)26(30,31)32)13-34-19-8-5-14(9-16(19)12-33-34)10-22-23(37)35(24(38)39-22)20-3-1-2-4-21(20)36/h5-12,20-21,36H,1-4,13H2/b22-10-/t20?,21-/m0/s1. The summed E-state index contributed by atoms with van der Waals surface area (Å²) in [6.07, 6.45) is -5.08. The molecule has 3 aromatic rings. The van der Waals surface area contributed by atoms with E-state index in [9.17, 15) is 41.0 Å². The van der Waals surface area contributed by atoms with Crippen LogP contribution in [0.25, 0.3) is 17.0 Å². The Morgan fingerprint density at radius 2 is 1.74 bits per heavy atom. The van der Waals surface area contributed by atoms with Gasteiger partial charge in [0.25, 0.3) is 11.1 Å². The maximum atomic E-state index is 13.6. The minimum Gasteiger partial charge on any atom is -0.391 e. The number of hydrogen-bond donors (Lipinski definition) is 1. The Bertz CT molecular complexity index is 1480. The van der Waals surface area contributed by atoms with E-state index in [1.807, 2.05) is 0 Å². The van der Waals surface area contributed by atoms with Gasteiger partial charge in [0.1, 0.15) is 0 Å². The lowest BCUT2D eigenvalue weighted by Crippen LogP contribution is -2.47. The van der Waals surface area contributed by atoms with Gasteiger partial charge in [0.05, 0.1) is 46.4 Å². The fourth-order valence-electron chi connectivity index (χ4n) is 4.95. The summed E-state index contributed by atoms with van der Waals surface area (Å²) in [5, 5.41) is 14.5. The van der Waals surface area contributed by atoms with Crippen molar-refractivity contribution in [2.24, 2.45) is 0 Å². The molecule has 1 aliphatic heterocycles. The zero-order valence-corrected chi connectivity index (χ0v) is 20.9. The van der Waals surface area contributed by atoms with E-state index in [-0.39, 0.29) is 16.5 Å². The van der Waals surface area contributed by atoms with Crippen molar-refractivity contribution >= 4 is 39.9 Å². The second kappa shape index (κ2) is 10.0. The normalized spacial score (nSPS) is 21.9. The molecule has 13 heteroatoms. The zero-order valence-electron chi connectivity index (χ0n) is 20.1. The average Bonchev–Trinajstić information content (AvgIpc) is 3.37. The predicted molar refractivity (Wildman–Crippen MR) is 131 cm³/mol. The van der Waals surface area contributed by atoms with Gasteiger partial charge in [-0.3, -0.25) is 19.2 Å². The molecular formula is C26H21F6N3O3S. The van der Waals surface area contributed by atoms with Crippen LogP contribution in [0.15, 0.2) is 47.5 Å². The number of carbonyl (C=O) groups is 2. The summed E-state index contributed by atoms with van der Waals surface area (Å²) in [5.74, 6) is -0.492. The number of halogens is 6. The number of fused-ring (bicyclic) bond motifs is 1. The molecule has 1 aliphatic carbocycles. The third-order valence-electron chi connectivity index (χ3n) is 6.88. The summed E-state index contributed by atoms with van der Waals surface area (Å²) >= 11 is 0.771. The van der Waals surface area contributed by atoms with Crippen LogP contribution in [0.4, 0.5) is 31.1 Å². The van der Waals surface area contributed by atoms with E-state index < -0.39 is 53.3 Å². The van der Waals surface area contributed by atoms with Crippen LogP contribution in [0.3, 0.4) is 0 Å². The number of rotatable bonds is 4. The van der Waals surface area contributed by atoms with Crippen molar-refractivity contribution < 1.29 is 41.0 Å². The smallest absolute Gasteiger partial charge is 0.391 e. The molecule has 1 saturated heterocycles. The number of amides is 2. The molecule has 0 bridgehead atoms. The molecule has 0 radical (unpaired) electrons. The third kappa shape index (κ3) is 5.42. The molecule has 5 rings (SSSR count). The minimum atomic E-state index is -5.00. The molecule has 6 nitrogen and oxygen atoms in total. The van der Waals surface area contributed by atoms with Crippen molar-refractivity contribution in [3.05, 3.63) is 69.8 Å². The van der Waals surface area contributed by atoms with Gasteiger partial charge in [0, 0.05) is 5.39 Å². The Morgan fingerprint density at radius 1 is 1.00 bits per heavy atom. The first-order valence-electron chi connectivity index (χ1n) is 12.0. The zero-order chi connectivity index (χ0) is 28.1. The molecule has 0 spiro atoms. The Balaban J connectivity index is 1.40. The number of aliphatic hydroxyl groups excluding tert-OH is 1. The fourth-order valence-corrected chi connectivity index (χ4v) is 5.83. The summed E-state index contributed by atoms with van der Waals surface area (Å²) in [6.45, 7) is -0.418. The SMILES string of the molecule is O=C1S/C(=C\c2ccc3c(cnn3Cc3ccc(C(F)(F)F)cc3C(F)(F)F)c2)C(=O)N1C1CCCC[C@@H]1O. The lowest BCUT2D eigenvalue weighted by Gasteiger charge is -2.33. The number of aromatic nitrogens is 2. The number of carbonyl (C=O) groups excluding carboxylic acids is 2.